The first kappa shape index (κ1) is 8.50. The van der Waals surface area contributed by atoms with Crippen LogP contribution in [0.25, 0.3) is 5.69 Å². The molecule has 14 heavy (non-hydrogen) atoms. The zero-order valence-corrected chi connectivity index (χ0v) is 7.42. The van der Waals surface area contributed by atoms with Crippen molar-refractivity contribution in [3.8, 4) is 5.69 Å². The molecule has 4 heteroatoms. The molecule has 70 valence electrons. The van der Waals surface area contributed by atoms with Crippen LogP contribution in [0, 0.1) is 0 Å². The molecular formula is C10H9N3O. The van der Waals surface area contributed by atoms with E-state index in [1.807, 2.05) is 35.0 Å². The van der Waals surface area contributed by atoms with Crippen molar-refractivity contribution in [2.45, 2.75) is 0 Å². The van der Waals surface area contributed by atoms with Gasteiger partial charge in [-0.3, -0.25) is 4.79 Å². The van der Waals surface area contributed by atoms with E-state index in [2.05, 4.69) is 10.3 Å². The van der Waals surface area contributed by atoms with Gasteiger partial charge in [0.05, 0.1) is 6.33 Å². The molecular weight excluding hydrogens is 178 g/mol. The lowest BCUT2D eigenvalue weighted by molar-refractivity contribution is -0.105. The molecule has 1 N–H and O–H groups in total. The maximum atomic E-state index is 10.2. The average Bonchev–Trinajstić information content (AvgIpc) is 2.71. The summed E-state index contributed by atoms with van der Waals surface area (Å²) in [6.45, 7) is 0. The van der Waals surface area contributed by atoms with Gasteiger partial charge in [-0.2, -0.15) is 0 Å². The van der Waals surface area contributed by atoms with Gasteiger partial charge >= 0.3 is 0 Å². The van der Waals surface area contributed by atoms with Gasteiger partial charge in [-0.1, -0.05) is 6.07 Å². The molecule has 1 aromatic carbocycles. The van der Waals surface area contributed by atoms with Gasteiger partial charge in [0.25, 0.3) is 0 Å². The fourth-order valence-corrected chi connectivity index (χ4v) is 1.24. The Balaban J connectivity index is 2.35. The Kier molecular flexibility index (Phi) is 2.27. The molecule has 0 aliphatic rings. The number of hydrogen-bond donors (Lipinski definition) is 1. The summed E-state index contributed by atoms with van der Waals surface area (Å²) < 4.78 is 1.87. The fraction of sp³-hybridized carbons (Fsp3) is 0. The van der Waals surface area contributed by atoms with Gasteiger partial charge in [-0.15, -0.1) is 0 Å². The van der Waals surface area contributed by atoms with Crippen molar-refractivity contribution >= 4 is 12.1 Å². The highest BCUT2D eigenvalue weighted by Crippen LogP contribution is 2.13. The number of nitrogens with one attached hydrogen (secondary N) is 1. The Morgan fingerprint density at radius 1 is 1.43 bits per heavy atom. The molecule has 0 fully saturated rings. The van der Waals surface area contributed by atoms with Crippen LogP contribution in [0.3, 0.4) is 0 Å². The first-order valence-electron chi connectivity index (χ1n) is 4.19. The third-order valence-corrected chi connectivity index (χ3v) is 1.87. The number of rotatable bonds is 3. The molecule has 2 rings (SSSR count). The molecule has 1 amide bonds. The van der Waals surface area contributed by atoms with E-state index in [1.54, 1.807) is 12.5 Å². The molecule has 0 saturated carbocycles. The van der Waals surface area contributed by atoms with E-state index in [0.29, 0.717) is 6.41 Å². The minimum absolute atomic E-state index is 0.660. The van der Waals surface area contributed by atoms with Crippen LogP contribution >= 0.6 is 0 Å². The number of carbonyl (C=O) groups is 1. The molecule has 1 heterocycles. The van der Waals surface area contributed by atoms with Crippen molar-refractivity contribution in [3.05, 3.63) is 43.0 Å². The van der Waals surface area contributed by atoms with Crippen molar-refractivity contribution in [1.82, 2.24) is 9.55 Å². The Morgan fingerprint density at radius 2 is 2.36 bits per heavy atom. The Hall–Kier alpha value is -2.10. The number of benzene rings is 1. The monoisotopic (exact) mass is 187 g/mol. The van der Waals surface area contributed by atoms with Gasteiger partial charge in [0, 0.05) is 23.8 Å². The summed E-state index contributed by atoms with van der Waals surface area (Å²) in [5.74, 6) is 0. The van der Waals surface area contributed by atoms with Gasteiger partial charge in [-0.25, -0.2) is 4.98 Å². The van der Waals surface area contributed by atoms with Crippen molar-refractivity contribution < 1.29 is 4.79 Å². The van der Waals surface area contributed by atoms with E-state index in [0.717, 1.165) is 11.4 Å². The van der Waals surface area contributed by atoms with Gasteiger partial charge in [0.2, 0.25) is 6.41 Å². The molecule has 1 aromatic heterocycles. The topological polar surface area (TPSA) is 46.9 Å². The van der Waals surface area contributed by atoms with Crippen LogP contribution in [0.2, 0.25) is 0 Å². The summed E-state index contributed by atoms with van der Waals surface area (Å²) in [7, 11) is 0. The number of imidazole rings is 1. The van der Waals surface area contributed by atoms with E-state index in [4.69, 9.17) is 0 Å². The SMILES string of the molecule is O=CNc1cccc(-n2ccnc2)c1. The van der Waals surface area contributed by atoms with E-state index in [1.165, 1.54) is 0 Å². The second-order valence-corrected chi connectivity index (χ2v) is 2.78. The summed E-state index contributed by atoms with van der Waals surface area (Å²) in [5.41, 5.74) is 1.74. The van der Waals surface area contributed by atoms with Crippen LogP contribution in [0.15, 0.2) is 43.0 Å². The number of nitrogens with zero attached hydrogens (tertiary/aromatic N) is 2. The van der Waals surface area contributed by atoms with Gasteiger partial charge < -0.3 is 9.88 Å². The second kappa shape index (κ2) is 3.74. The number of anilines is 1. The molecule has 0 atom stereocenters. The molecule has 0 spiro atoms. The van der Waals surface area contributed by atoms with Crippen LogP contribution in [-0.2, 0) is 4.79 Å². The van der Waals surface area contributed by atoms with Crippen LogP contribution in [0.5, 0.6) is 0 Å². The van der Waals surface area contributed by atoms with Gasteiger partial charge in [0.15, 0.2) is 0 Å². The zero-order valence-electron chi connectivity index (χ0n) is 7.42. The van der Waals surface area contributed by atoms with Crippen molar-refractivity contribution in [2.24, 2.45) is 0 Å². The smallest absolute Gasteiger partial charge is 0.211 e. The maximum Gasteiger partial charge on any atom is 0.211 e. The van der Waals surface area contributed by atoms with Crippen LogP contribution < -0.4 is 5.32 Å². The highest BCUT2D eigenvalue weighted by Gasteiger charge is 1.96. The maximum absolute atomic E-state index is 10.2. The lowest BCUT2D eigenvalue weighted by Gasteiger charge is -2.03. The third kappa shape index (κ3) is 1.64. The predicted molar refractivity (Wildman–Crippen MR) is 53.3 cm³/mol. The first-order chi connectivity index (χ1) is 6.90. The molecule has 0 radical (unpaired) electrons. The largest absolute Gasteiger partial charge is 0.329 e. The molecule has 0 bridgehead atoms. The van der Waals surface area contributed by atoms with Crippen LogP contribution in [0.4, 0.5) is 5.69 Å². The molecule has 4 nitrogen and oxygen atoms in total. The fourth-order valence-electron chi connectivity index (χ4n) is 1.24. The molecule has 0 saturated heterocycles. The highest BCUT2D eigenvalue weighted by atomic mass is 16.1. The summed E-state index contributed by atoms with van der Waals surface area (Å²) in [4.78, 5) is 14.2. The van der Waals surface area contributed by atoms with E-state index < -0.39 is 0 Å². The molecule has 0 aliphatic heterocycles. The van der Waals surface area contributed by atoms with Gasteiger partial charge in [-0.05, 0) is 18.2 Å². The Morgan fingerprint density at radius 3 is 3.07 bits per heavy atom. The highest BCUT2D eigenvalue weighted by molar-refractivity contribution is 5.72. The normalized spacial score (nSPS) is 9.71. The zero-order chi connectivity index (χ0) is 9.80. The van der Waals surface area contributed by atoms with E-state index in [-0.39, 0.29) is 0 Å². The van der Waals surface area contributed by atoms with E-state index in [9.17, 15) is 4.79 Å². The number of carbonyl (C=O) groups excluding carboxylic acids is 1. The summed E-state index contributed by atoms with van der Waals surface area (Å²) >= 11 is 0. The first-order valence-corrected chi connectivity index (χ1v) is 4.19. The Bertz CT molecular complexity index is 423. The van der Waals surface area contributed by atoms with Crippen molar-refractivity contribution in [1.29, 1.82) is 0 Å². The lowest BCUT2D eigenvalue weighted by atomic mass is 10.3. The lowest BCUT2D eigenvalue weighted by Crippen LogP contribution is -1.95. The minimum atomic E-state index is 0.660. The second-order valence-electron chi connectivity index (χ2n) is 2.78. The number of aromatic nitrogens is 2. The third-order valence-electron chi connectivity index (χ3n) is 1.87. The van der Waals surface area contributed by atoms with Crippen molar-refractivity contribution in [3.63, 3.8) is 0 Å². The summed E-state index contributed by atoms with van der Waals surface area (Å²) in [5, 5.41) is 2.60. The molecule has 2 aromatic rings. The molecule has 0 unspecified atom stereocenters. The van der Waals surface area contributed by atoms with Crippen molar-refractivity contribution in [2.75, 3.05) is 5.32 Å². The average molecular weight is 187 g/mol. The summed E-state index contributed by atoms with van der Waals surface area (Å²) in [6.07, 6.45) is 5.92. The minimum Gasteiger partial charge on any atom is -0.329 e. The van der Waals surface area contributed by atoms with Gasteiger partial charge in [0.1, 0.15) is 0 Å². The molecule has 0 aliphatic carbocycles. The van der Waals surface area contributed by atoms with Crippen LogP contribution in [0.1, 0.15) is 0 Å². The number of hydrogen-bond acceptors (Lipinski definition) is 2. The quantitative estimate of drug-likeness (QED) is 0.739. The predicted octanol–water partition coefficient (Wildman–Crippen LogP) is 1.44. The summed E-state index contributed by atoms with van der Waals surface area (Å²) in [6, 6.07) is 7.52. The standard InChI is InChI=1S/C10H9N3O/c14-8-12-9-2-1-3-10(6-9)13-5-4-11-7-13/h1-8H,(H,12,14). The Labute approximate surface area is 81.2 Å². The van der Waals surface area contributed by atoms with Crippen LogP contribution in [-0.4, -0.2) is 16.0 Å². The number of amides is 1. The van der Waals surface area contributed by atoms with E-state index >= 15 is 0 Å².